The van der Waals surface area contributed by atoms with Crippen LogP contribution in [-0.4, -0.2) is 26.9 Å². The summed E-state index contributed by atoms with van der Waals surface area (Å²) in [5.74, 6) is -0.104. The van der Waals surface area contributed by atoms with E-state index in [9.17, 15) is 9.90 Å². The van der Waals surface area contributed by atoms with E-state index in [0.29, 0.717) is 6.54 Å². The summed E-state index contributed by atoms with van der Waals surface area (Å²) in [7, 11) is 0. The Hall–Kier alpha value is -1.43. The Labute approximate surface area is 110 Å². The number of nitrogens with one attached hydrogen (secondary N) is 1. The van der Waals surface area contributed by atoms with E-state index in [1.54, 1.807) is 0 Å². The van der Waals surface area contributed by atoms with E-state index < -0.39 is 0 Å². The van der Waals surface area contributed by atoms with Crippen LogP contribution in [0.2, 0.25) is 0 Å². The molecule has 1 saturated carbocycles. The van der Waals surface area contributed by atoms with Crippen LogP contribution >= 0.6 is 12.2 Å². The molecule has 0 saturated heterocycles. The Morgan fingerprint density at radius 3 is 2.83 bits per heavy atom. The van der Waals surface area contributed by atoms with Gasteiger partial charge in [-0.15, -0.1) is 0 Å². The van der Waals surface area contributed by atoms with Crippen molar-refractivity contribution in [1.29, 1.82) is 0 Å². The third kappa shape index (κ3) is 2.53. The average Bonchev–Trinajstić information content (AvgIpc) is 2.81. The normalized spacial score (nSPS) is 16.7. The predicted molar refractivity (Wildman–Crippen MR) is 73.1 cm³/mol. The Kier molecular flexibility index (Phi) is 3.96. The van der Waals surface area contributed by atoms with Crippen LogP contribution in [0.3, 0.4) is 0 Å². The van der Waals surface area contributed by atoms with Gasteiger partial charge in [0.05, 0.1) is 0 Å². The summed E-state index contributed by atoms with van der Waals surface area (Å²) in [6.07, 6.45) is 5.96. The zero-order chi connectivity index (χ0) is 13.1. The number of hydrogen-bond acceptors (Lipinski definition) is 4. The number of aromatic amines is 1. The van der Waals surface area contributed by atoms with Gasteiger partial charge in [0.25, 0.3) is 5.56 Å². The molecule has 1 aromatic heterocycles. The minimum atomic E-state index is -0.385. The van der Waals surface area contributed by atoms with E-state index in [1.807, 2.05) is 6.92 Å². The Morgan fingerprint density at radius 2 is 2.22 bits per heavy atom. The van der Waals surface area contributed by atoms with Crippen molar-refractivity contribution in [1.82, 2.24) is 9.55 Å². The molecule has 1 aliphatic rings. The lowest BCUT2D eigenvalue weighted by Crippen LogP contribution is -2.18. The molecule has 2 rings (SSSR count). The molecule has 0 aromatic carbocycles. The van der Waals surface area contributed by atoms with Gasteiger partial charge in [-0.2, -0.15) is 0 Å². The molecule has 98 valence electrons. The minimum absolute atomic E-state index is 0.104. The zero-order valence-corrected chi connectivity index (χ0v) is 11.2. The number of aromatic hydroxyl groups is 1. The van der Waals surface area contributed by atoms with Gasteiger partial charge in [-0.3, -0.25) is 19.3 Å². The van der Waals surface area contributed by atoms with Gasteiger partial charge < -0.3 is 5.11 Å². The van der Waals surface area contributed by atoms with E-state index in [0.717, 1.165) is 12.8 Å². The Morgan fingerprint density at radius 1 is 1.56 bits per heavy atom. The Balaban J connectivity index is 2.38. The lowest BCUT2D eigenvalue weighted by Gasteiger charge is -2.08. The minimum Gasteiger partial charge on any atom is -0.494 e. The van der Waals surface area contributed by atoms with Crippen molar-refractivity contribution >= 4 is 18.4 Å². The lowest BCUT2D eigenvalue weighted by molar-refractivity contribution is 0.408. The van der Waals surface area contributed by atoms with Crippen molar-refractivity contribution in [3.05, 3.63) is 20.7 Å². The molecule has 0 amide bonds. The van der Waals surface area contributed by atoms with Gasteiger partial charge in [-0.25, -0.2) is 0 Å². The van der Waals surface area contributed by atoms with Gasteiger partial charge in [-0.1, -0.05) is 12.8 Å². The maximum Gasteiger partial charge on any atom is 0.264 e. The van der Waals surface area contributed by atoms with Gasteiger partial charge in [0, 0.05) is 18.8 Å². The molecular weight excluding hydrogens is 250 g/mol. The van der Waals surface area contributed by atoms with Gasteiger partial charge in [0.1, 0.15) is 5.56 Å². The van der Waals surface area contributed by atoms with Crippen molar-refractivity contribution < 1.29 is 5.11 Å². The summed E-state index contributed by atoms with van der Waals surface area (Å²) in [6, 6.07) is 0.280. The van der Waals surface area contributed by atoms with Crippen LogP contribution in [0, 0.1) is 4.77 Å². The van der Waals surface area contributed by atoms with Gasteiger partial charge >= 0.3 is 0 Å². The maximum absolute atomic E-state index is 11.7. The van der Waals surface area contributed by atoms with Gasteiger partial charge in [-0.05, 0) is 32.0 Å². The fourth-order valence-corrected chi connectivity index (χ4v) is 2.53. The lowest BCUT2D eigenvalue weighted by atomic mass is 10.2. The highest BCUT2D eigenvalue weighted by Crippen LogP contribution is 2.21. The van der Waals surface area contributed by atoms with Crippen LogP contribution in [0.5, 0.6) is 5.88 Å². The number of aromatic nitrogens is 2. The fraction of sp³-hybridized carbons (Fsp3) is 0.583. The second-order valence-electron chi connectivity index (χ2n) is 4.46. The maximum atomic E-state index is 11.7. The molecule has 6 heteroatoms. The van der Waals surface area contributed by atoms with Crippen LogP contribution in [-0.2, 0) is 6.54 Å². The van der Waals surface area contributed by atoms with E-state index in [2.05, 4.69) is 9.98 Å². The summed E-state index contributed by atoms with van der Waals surface area (Å²) in [5, 5.41) is 10.0. The molecule has 1 heterocycles. The van der Waals surface area contributed by atoms with Crippen LogP contribution in [0.25, 0.3) is 0 Å². The van der Waals surface area contributed by atoms with Crippen molar-refractivity contribution in [3.8, 4) is 5.88 Å². The number of rotatable bonds is 3. The first-order chi connectivity index (χ1) is 8.63. The first kappa shape index (κ1) is 13.0. The third-order valence-electron chi connectivity index (χ3n) is 3.26. The fourth-order valence-electron chi connectivity index (χ4n) is 2.22. The van der Waals surface area contributed by atoms with Crippen LogP contribution in [0.4, 0.5) is 0 Å². The summed E-state index contributed by atoms with van der Waals surface area (Å²) < 4.78 is 1.71. The quantitative estimate of drug-likeness (QED) is 0.650. The second-order valence-corrected chi connectivity index (χ2v) is 4.84. The highest BCUT2D eigenvalue weighted by molar-refractivity contribution is 7.71. The van der Waals surface area contributed by atoms with Crippen molar-refractivity contribution in [2.45, 2.75) is 45.2 Å². The SMILES string of the molecule is CCn1c(O)c(C=NC2CCCC2)c(=O)[nH]c1=S. The average molecular weight is 267 g/mol. The van der Waals surface area contributed by atoms with Crippen molar-refractivity contribution in [2.75, 3.05) is 0 Å². The smallest absolute Gasteiger partial charge is 0.264 e. The van der Waals surface area contributed by atoms with E-state index in [4.69, 9.17) is 12.2 Å². The van der Waals surface area contributed by atoms with Crippen LogP contribution in [0.1, 0.15) is 38.2 Å². The molecule has 0 radical (unpaired) electrons. The number of H-pyrrole nitrogens is 1. The predicted octanol–water partition coefficient (Wildman–Crippen LogP) is 1.99. The monoisotopic (exact) mass is 267 g/mol. The first-order valence-corrected chi connectivity index (χ1v) is 6.63. The van der Waals surface area contributed by atoms with E-state index in [-0.39, 0.29) is 27.8 Å². The molecule has 5 nitrogen and oxygen atoms in total. The summed E-state index contributed by atoms with van der Waals surface area (Å²) >= 11 is 4.98. The number of hydrogen-bond donors (Lipinski definition) is 2. The van der Waals surface area contributed by atoms with Crippen LogP contribution in [0.15, 0.2) is 9.79 Å². The highest BCUT2D eigenvalue weighted by Gasteiger charge is 2.14. The van der Waals surface area contributed by atoms with E-state index in [1.165, 1.54) is 23.6 Å². The van der Waals surface area contributed by atoms with Crippen LogP contribution < -0.4 is 5.56 Å². The van der Waals surface area contributed by atoms with Gasteiger partial charge in [0.15, 0.2) is 4.77 Å². The summed E-state index contributed by atoms with van der Waals surface area (Å²) in [5.41, 5.74) is -0.193. The summed E-state index contributed by atoms with van der Waals surface area (Å²) in [6.45, 7) is 2.36. The zero-order valence-electron chi connectivity index (χ0n) is 10.3. The molecule has 1 aliphatic carbocycles. The molecule has 0 bridgehead atoms. The topological polar surface area (TPSA) is 70.4 Å². The standard InChI is InChI=1S/C12H17N3O2S/c1-2-15-11(17)9(10(16)14-12(15)18)7-13-8-5-3-4-6-8/h7-8,17H,2-6H2,1H3,(H,14,16,18). The molecule has 1 fully saturated rings. The van der Waals surface area contributed by atoms with Gasteiger partial charge in [0.2, 0.25) is 5.88 Å². The second kappa shape index (κ2) is 5.48. The molecular formula is C12H17N3O2S. The molecule has 0 unspecified atom stereocenters. The molecule has 1 aromatic rings. The first-order valence-electron chi connectivity index (χ1n) is 6.22. The molecule has 18 heavy (non-hydrogen) atoms. The number of nitrogens with zero attached hydrogens (tertiary/aromatic N) is 2. The Bertz CT molecular complexity index is 568. The summed E-state index contributed by atoms with van der Waals surface area (Å²) in [4.78, 5) is 18.7. The molecule has 2 N–H and O–H groups in total. The van der Waals surface area contributed by atoms with E-state index >= 15 is 0 Å². The van der Waals surface area contributed by atoms with Crippen molar-refractivity contribution in [3.63, 3.8) is 0 Å². The molecule has 0 aliphatic heterocycles. The largest absolute Gasteiger partial charge is 0.494 e. The molecule has 0 atom stereocenters. The van der Waals surface area contributed by atoms with Crippen molar-refractivity contribution in [2.24, 2.45) is 4.99 Å². The number of aliphatic imine (C=N–C) groups is 1. The third-order valence-corrected chi connectivity index (χ3v) is 3.58. The molecule has 0 spiro atoms. The highest BCUT2D eigenvalue weighted by atomic mass is 32.1.